The molecule has 0 aromatic carbocycles. The first-order valence-corrected chi connectivity index (χ1v) is 5.97. The number of allylic oxidation sites excluding steroid dienone is 1. The van der Waals surface area contributed by atoms with Gasteiger partial charge in [-0.25, -0.2) is 9.97 Å². The van der Waals surface area contributed by atoms with E-state index in [0.717, 1.165) is 24.2 Å². The minimum Gasteiger partial charge on any atom is -0.477 e. The number of hydrogen-bond donors (Lipinski definition) is 1. The molecule has 0 saturated heterocycles. The number of rotatable bonds is 7. The number of nitrogens with one attached hydrogen (secondary N) is 1. The summed E-state index contributed by atoms with van der Waals surface area (Å²) in [4.78, 5) is 8.41. The zero-order valence-electron chi connectivity index (χ0n) is 10.9. The number of unbranched alkanes of at least 4 members (excludes halogenated alkanes) is 1. The van der Waals surface area contributed by atoms with Crippen LogP contribution in [0.5, 0.6) is 5.88 Å². The molecule has 0 radical (unpaired) electrons. The van der Waals surface area contributed by atoms with E-state index in [2.05, 4.69) is 35.7 Å². The quantitative estimate of drug-likeness (QED) is 0.583. The third-order valence-corrected chi connectivity index (χ3v) is 2.45. The number of hydrogen-bond acceptors (Lipinski definition) is 4. The molecule has 0 saturated carbocycles. The first kappa shape index (κ1) is 13.5. The Labute approximate surface area is 103 Å². The van der Waals surface area contributed by atoms with E-state index in [1.54, 1.807) is 0 Å². The second kappa shape index (κ2) is 6.89. The monoisotopic (exact) mass is 235 g/mol. The van der Waals surface area contributed by atoms with Crippen molar-refractivity contribution in [1.82, 2.24) is 9.97 Å². The predicted octanol–water partition coefficient (Wildman–Crippen LogP) is 2.99. The van der Waals surface area contributed by atoms with Crippen LogP contribution < -0.4 is 10.1 Å². The molecule has 0 aliphatic rings. The van der Waals surface area contributed by atoms with Crippen molar-refractivity contribution in [1.29, 1.82) is 0 Å². The van der Waals surface area contributed by atoms with Gasteiger partial charge in [0.25, 0.3) is 0 Å². The van der Waals surface area contributed by atoms with Gasteiger partial charge in [-0.3, -0.25) is 0 Å². The van der Waals surface area contributed by atoms with Crippen LogP contribution in [0.25, 0.3) is 0 Å². The highest BCUT2D eigenvalue weighted by atomic mass is 16.5. The summed E-state index contributed by atoms with van der Waals surface area (Å²) in [6.07, 6.45) is 5.34. The molecular formula is C13H21N3O. The predicted molar refractivity (Wildman–Crippen MR) is 70.6 cm³/mol. The van der Waals surface area contributed by atoms with Gasteiger partial charge in [-0.05, 0) is 18.8 Å². The lowest BCUT2D eigenvalue weighted by atomic mass is 10.1. The average Bonchev–Trinajstić information content (AvgIpc) is 2.33. The van der Waals surface area contributed by atoms with Crippen molar-refractivity contribution in [2.75, 3.05) is 19.0 Å². The van der Waals surface area contributed by atoms with E-state index in [1.807, 2.05) is 13.1 Å². The van der Waals surface area contributed by atoms with E-state index in [1.165, 1.54) is 6.33 Å². The smallest absolute Gasteiger partial charge is 0.222 e. The SMILES string of the molecule is C=CCCCOc1ncnc(NC)c1C(C)C. The van der Waals surface area contributed by atoms with Gasteiger partial charge in [-0.15, -0.1) is 6.58 Å². The highest BCUT2D eigenvalue weighted by Gasteiger charge is 2.14. The van der Waals surface area contributed by atoms with Crippen LogP contribution >= 0.6 is 0 Å². The van der Waals surface area contributed by atoms with E-state index in [9.17, 15) is 0 Å². The van der Waals surface area contributed by atoms with Gasteiger partial charge >= 0.3 is 0 Å². The summed E-state index contributed by atoms with van der Waals surface area (Å²) in [5.41, 5.74) is 1.04. The summed E-state index contributed by atoms with van der Waals surface area (Å²) in [5, 5.41) is 3.07. The van der Waals surface area contributed by atoms with Gasteiger partial charge in [0.05, 0.1) is 12.2 Å². The van der Waals surface area contributed by atoms with E-state index in [0.29, 0.717) is 18.4 Å². The van der Waals surface area contributed by atoms with Crippen molar-refractivity contribution in [3.05, 3.63) is 24.5 Å². The van der Waals surface area contributed by atoms with Crippen LogP contribution in [0, 0.1) is 0 Å². The Morgan fingerprint density at radius 2 is 2.24 bits per heavy atom. The summed E-state index contributed by atoms with van der Waals surface area (Å²) in [5.74, 6) is 1.85. The molecule has 1 heterocycles. The molecule has 1 N–H and O–H groups in total. The fourth-order valence-corrected chi connectivity index (χ4v) is 1.61. The molecule has 4 nitrogen and oxygen atoms in total. The maximum atomic E-state index is 5.70. The lowest BCUT2D eigenvalue weighted by Gasteiger charge is -2.15. The van der Waals surface area contributed by atoms with E-state index < -0.39 is 0 Å². The molecule has 4 heteroatoms. The molecule has 0 bridgehead atoms. The molecule has 0 spiro atoms. The Balaban J connectivity index is 2.79. The maximum absolute atomic E-state index is 5.70. The second-order valence-corrected chi connectivity index (χ2v) is 4.13. The topological polar surface area (TPSA) is 47.0 Å². The molecule has 1 aromatic heterocycles. The molecule has 0 aliphatic carbocycles. The molecular weight excluding hydrogens is 214 g/mol. The van der Waals surface area contributed by atoms with Gasteiger partial charge in [0.15, 0.2) is 0 Å². The molecule has 0 atom stereocenters. The van der Waals surface area contributed by atoms with Gasteiger partial charge in [0.2, 0.25) is 5.88 Å². The van der Waals surface area contributed by atoms with Crippen LogP contribution in [0.1, 0.15) is 38.2 Å². The first-order chi connectivity index (χ1) is 8.20. The summed E-state index contributed by atoms with van der Waals surface area (Å²) in [7, 11) is 1.86. The molecule has 0 amide bonds. The minimum absolute atomic E-state index is 0.327. The Kier molecular flexibility index (Phi) is 5.46. The van der Waals surface area contributed by atoms with Crippen LogP contribution in [-0.2, 0) is 0 Å². The molecule has 0 fully saturated rings. The largest absolute Gasteiger partial charge is 0.477 e. The van der Waals surface area contributed by atoms with Crippen molar-refractivity contribution < 1.29 is 4.74 Å². The third-order valence-electron chi connectivity index (χ3n) is 2.45. The lowest BCUT2D eigenvalue weighted by molar-refractivity contribution is 0.295. The molecule has 17 heavy (non-hydrogen) atoms. The number of nitrogens with zero attached hydrogens (tertiary/aromatic N) is 2. The summed E-state index contributed by atoms with van der Waals surface area (Å²) < 4.78 is 5.70. The van der Waals surface area contributed by atoms with Crippen LogP contribution in [-0.4, -0.2) is 23.6 Å². The Morgan fingerprint density at radius 1 is 1.47 bits per heavy atom. The van der Waals surface area contributed by atoms with Crippen molar-refractivity contribution in [3.63, 3.8) is 0 Å². The standard InChI is InChI=1S/C13H21N3O/c1-5-6-7-8-17-13-11(10(2)3)12(14-4)15-9-16-13/h5,9-10H,1,6-8H2,2-4H3,(H,14,15,16). The van der Waals surface area contributed by atoms with Crippen LogP contribution in [0.15, 0.2) is 19.0 Å². The zero-order chi connectivity index (χ0) is 12.7. The van der Waals surface area contributed by atoms with Crippen LogP contribution in [0.3, 0.4) is 0 Å². The van der Waals surface area contributed by atoms with E-state index in [-0.39, 0.29) is 0 Å². The minimum atomic E-state index is 0.327. The van der Waals surface area contributed by atoms with Crippen molar-refractivity contribution in [3.8, 4) is 5.88 Å². The molecule has 1 aromatic rings. The molecule has 0 aliphatic heterocycles. The van der Waals surface area contributed by atoms with E-state index in [4.69, 9.17) is 4.74 Å². The van der Waals surface area contributed by atoms with Gasteiger partial charge in [0, 0.05) is 7.05 Å². The summed E-state index contributed by atoms with van der Waals surface area (Å²) in [6, 6.07) is 0. The summed E-state index contributed by atoms with van der Waals surface area (Å²) >= 11 is 0. The van der Waals surface area contributed by atoms with Crippen molar-refractivity contribution >= 4 is 5.82 Å². The van der Waals surface area contributed by atoms with E-state index >= 15 is 0 Å². The fourth-order valence-electron chi connectivity index (χ4n) is 1.61. The third kappa shape index (κ3) is 3.73. The van der Waals surface area contributed by atoms with Crippen molar-refractivity contribution in [2.45, 2.75) is 32.6 Å². The maximum Gasteiger partial charge on any atom is 0.222 e. The molecule has 0 unspecified atom stereocenters. The normalized spacial score (nSPS) is 10.4. The fraction of sp³-hybridized carbons (Fsp3) is 0.538. The number of ether oxygens (including phenoxy) is 1. The van der Waals surface area contributed by atoms with Gasteiger partial charge < -0.3 is 10.1 Å². The molecule has 1 rings (SSSR count). The second-order valence-electron chi connectivity index (χ2n) is 4.13. The highest BCUT2D eigenvalue weighted by Crippen LogP contribution is 2.29. The number of anilines is 1. The van der Waals surface area contributed by atoms with Gasteiger partial charge in [-0.1, -0.05) is 19.9 Å². The van der Waals surface area contributed by atoms with Crippen LogP contribution in [0.2, 0.25) is 0 Å². The zero-order valence-corrected chi connectivity index (χ0v) is 10.9. The lowest BCUT2D eigenvalue weighted by Crippen LogP contribution is -2.07. The van der Waals surface area contributed by atoms with Gasteiger partial charge in [0.1, 0.15) is 12.1 Å². The Bertz CT molecular complexity index is 364. The number of aromatic nitrogens is 2. The highest BCUT2D eigenvalue weighted by molar-refractivity contribution is 5.50. The van der Waals surface area contributed by atoms with Gasteiger partial charge in [-0.2, -0.15) is 0 Å². The Morgan fingerprint density at radius 3 is 2.82 bits per heavy atom. The van der Waals surface area contributed by atoms with Crippen molar-refractivity contribution in [2.24, 2.45) is 0 Å². The first-order valence-electron chi connectivity index (χ1n) is 5.97. The molecule has 94 valence electrons. The Hall–Kier alpha value is -1.58. The summed E-state index contributed by atoms with van der Waals surface area (Å²) in [6.45, 7) is 8.56. The van der Waals surface area contributed by atoms with Crippen LogP contribution in [0.4, 0.5) is 5.82 Å². The average molecular weight is 235 g/mol.